The topological polar surface area (TPSA) is 3.24 Å². The fourth-order valence-electron chi connectivity index (χ4n) is 1.89. The molecule has 0 radical (unpaired) electrons. The van der Waals surface area contributed by atoms with Crippen LogP contribution in [0.1, 0.15) is 18.4 Å². The van der Waals surface area contributed by atoms with Crippen molar-refractivity contribution in [2.24, 2.45) is 0 Å². The number of hydrogen-bond donors (Lipinski definition) is 0. The summed E-state index contributed by atoms with van der Waals surface area (Å²) in [6.45, 7) is 2.35. The molecule has 1 aromatic rings. The molecule has 1 heterocycles. The van der Waals surface area contributed by atoms with E-state index >= 15 is 0 Å². The molecule has 1 saturated heterocycles. The Morgan fingerprint density at radius 2 is 2.07 bits per heavy atom. The van der Waals surface area contributed by atoms with E-state index in [9.17, 15) is 0 Å². The van der Waals surface area contributed by atoms with Crippen LogP contribution in [-0.2, 0) is 0 Å². The molecule has 1 aliphatic rings. The van der Waals surface area contributed by atoms with Gasteiger partial charge in [-0.1, -0.05) is 17.9 Å². The third-order valence-electron chi connectivity index (χ3n) is 2.62. The maximum absolute atomic E-state index is 5.53. The Balaban J connectivity index is 2.18. The second-order valence-electron chi connectivity index (χ2n) is 3.68. The highest BCUT2D eigenvalue weighted by Crippen LogP contribution is 2.20. The van der Waals surface area contributed by atoms with E-state index in [2.05, 4.69) is 34.9 Å². The highest BCUT2D eigenvalue weighted by Gasteiger charge is 2.11. The average Bonchev–Trinajstić information content (AvgIpc) is 2.80. The van der Waals surface area contributed by atoms with E-state index in [4.69, 9.17) is 11.6 Å². The van der Waals surface area contributed by atoms with Crippen LogP contribution >= 0.6 is 11.6 Å². The minimum Gasteiger partial charge on any atom is -0.371 e. The Kier molecular flexibility index (Phi) is 3.53. The van der Waals surface area contributed by atoms with Crippen LogP contribution in [0.25, 0.3) is 0 Å². The van der Waals surface area contributed by atoms with Crippen LogP contribution in [0.5, 0.6) is 0 Å². The quantitative estimate of drug-likeness (QED) is 0.519. The molecular weight excluding hydrogens is 206 g/mol. The van der Waals surface area contributed by atoms with Gasteiger partial charge in [-0.25, -0.2) is 0 Å². The van der Waals surface area contributed by atoms with Gasteiger partial charge >= 0.3 is 0 Å². The van der Waals surface area contributed by atoms with Crippen molar-refractivity contribution in [3.8, 4) is 11.8 Å². The van der Waals surface area contributed by atoms with E-state index in [0.717, 1.165) is 5.56 Å². The largest absolute Gasteiger partial charge is 0.371 e. The molecule has 0 atom stereocenters. The van der Waals surface area contributed by atoms with Gasteiger partial charge in [0.15, 0.2) is 0 Å². The minimum absolute atomic E-state index is 0.397. The number of anilines is 1. The monoisotopic (exact) mass is 219 g/mol. The predicted octanol–water partition coefficient (Wildman–Crippen LogP) is 2.88. The van der Waals surface area contributed by atoms with E-state index in [1.807, 2.05) is 6.07 Å². The molecule has 0 aromatic heterocycles. The first-order valence-electron chi connectivity index (χ1n) is 5.30. The Morgan fingerprint density at radius 1 is 1.27 bits per heavy atom. The molecule has 1 aromatic carbocycles. The molecule has 0 saturated carbocycles. The molecule has 1 aliphatic heterocycles. The van der Waals surface area contributed by atoms with Gasteiger partial charge in [0.2, 0.25) is 0 Å². The lowest BCUT2D eigenvalue weighted by atomic mass is 10.2. The lowest BCUT2D eigenvalue weighted by Crippen LogP contribution is -2.17. The van der Waals surface area contributed by atoms with Gasteiger partial charge in [0.25, 0.3) is 0 Å². The highest BCUT2D eigenvalue weighted by molar-refractivity contribution is 6.19. The molecule has 78 valence electrons. The van der Waals surface area contributed by atoms with Crippen molar-refractivity contribution in [1.29, 1.82) is 0 Å². The van der Waals surface area contributed by atoms with Crippen molar-refractivity contribution in [3.63, 3.8) is 0 Å². The van der Waals surface area contributed by atoms with Crippen LogP contribution in [0, 0.1) is 11.8 Å². The summed E-state index contributed by atoms with van der Waals surface area (Å²) in [5, 5.41) is 0. The average molecular weight is 220 g/mol. The lowest BCUT2D eigenvalue weighted by molar-refractivity contribution is 0.949. The van der Waals surface area contributed by atoms with Gasteiger partial charge in [-0.3, -0.25) is 0 Å². The van der Waals surface area contributed by atoms with E-state index in [-0.39, 0.29) is 0 Å². The standard InChI is InChI=1S/C13H14ClN/c14-8-4-6-12-5-3-7-13(11-12)15-9-1-2-10-15/h3,5,7,11H,1-2,8-10H2. The van der Waals surface area contributed by atoms with Gasteiger partial charge in [0, 0.05) is 24.3 Å². The van der Waals surface area contributed by atoms with Crippen molar-refractivity contribution in [1.82, 2.24) is 0 Å². The highest BCUT2D eigenvalue weighted by atomic mass is 35.5. The molecule has 2 rings (SSSR count). The fourth-order valence-corrected chi connectivity index (χ4v) is 1.96. The molecular formula is C13H14ClN. The van der Waals surface area contributed by atoms with E-state index < -0.39 is 0 Å². The number of alkyl halides is 1. The van der Waals surface area contributed by atoms with E-state index in [0.29, 0.717) is 5.88 Å². The van der Waals surface area contributed by atoms with Crippen LogP contribution in [0.3, 0.4) is 0 Å². The van der Waals surface area contributed by atoms with Crippen LogP contribution < -0.4 is 4.90 Å². The molecule has 0 bridgehead atoms. The Morgan fingerprint density at radius 3 is 2.80 bits per heavy atom. The van der Waals surface area contributed by atoms with Gasteiger partial charge in [0.05, 0.1) is 5.88 Å². The lowest BCUT2D eigenvalue weighted by Gasteiger charge is -2.17. The number of halogens is 1. The van der Waals surface area contributed by atoms with Crippen LogP contribution in [0.15, 0.2) is 24.3 Å². The van der Waals surface area contributed by atoms with Crippen LogP contribution in [0.4, 0.5) is 5.69 Å². The first-order valence-corrected chi connectivity index (χ1v) is 5.83. The first kappa shape index (κ1) is 10.4. The van der Waals surface area contributed by atoms with E-state index in [1.54, 1.807) is 0 Å². The number of nitrogens with zero attached hydrogens (tertiary/aromatic N) is 1. The van der Waals surface area contributed by atoms with Gasteiger partial charge in [-0.05, 0) is 31.0 Å². The summed E-state index contributed by atoms with van der Waals surface area (Å²) in [5.74, 6) is 6.33. The molecule has 1 nitrogen and oxygen atoms in total. The minimum atomic E-state index is 0.397. The Labute approximate surface area is 96.0 Å². The summed E-state index contributed by atoms with van der Waals surface area (Å²) in [4.78, 5) is 2.41. The summed E-state index contributed by atoms with van der Waals surface area (Å²) < 4.78 is 0. The summed E-state index contributed by atoms with van der Waals surface area (Å²) in [6, 6.07) is 8.38. The van der Waals surface area contributed by atoms with Crippen molar-refractivity contribution >= 4 is 17.3 Å². The van der Waals surface area contributed by atoms with Gasteiger partial charge in [-0.2, -0.15) is 0 Å². The maximum atomic E-state index is 5.53. The number of hydrogen-bond acceptors (Lipinski definition) is 1. The first-order chi connectivity index (χ1) is 7.40. The summed E-state index contributed by atoms with van der Waals surface area (Å²) in [5.41, 5.74) is 2.34. The molecule has 0 aliphatic carbocycles. The Bertz CT molecular complexity index is 383. The van der Waals surface area contributed by atoms with Gasteiger partial charge in [0.1, 0.15) is 0 Å². The summed E-state index contributed by atoms with van der Waals surface area (Å²) in [7, 11) is 0. The Hall–Kier alpha value is -1.13. The van der Waals surface area contributed by atoms with Crippen molar-refractivity contribution in [2.45, 2.75) is 12.8 Å². The second-order valence-corrected chi connectivity index (χ2v) is 3.95. The van der Waals surface area contributed by atoms with Crippen molar-refractivity contribution in [3.05, 3.63) is 29.8 Å². The zero-order chi connectivity index (χ0) is 10.5. The number of rotatable bonds is 1. The van der Waals surface area contributed by atoms with Crippen LogP contribution in [-0.4, -0.2) is 19.0 Å². The van der Waals surface area contributed by atoms with Gasteiger partial charge in [-0.15, -0.1) is 11.6 Å². The fraction of sp³-hybridized carbons (Fsp3) is 0.385. The van der Waals surface area contributed by atoms with Crippen LogP contribution in [0.2, 0.25) is 0 Å². The second kappa shape index (κ2) is 5.09. The zero-order valence-corrected chi connectivity index (χ0v) is 9.43. The maximum Gasteiger partial charge on any atom is 0.0839 e. The molecule has 0 amide bonds. The predicted molar refractivity (Wildman–Crippen MR) is 65.5 cm³/mol. The molecule has 1 fully saturated rings. The third kappa shape index (κ3) is 2.67. The SMILES string of the molecule is ClCC#Cc1cccc(N2CCCC2)c1. The number of benzene rings is 1. The molecule has 0 unspecified atom stereocenters. The summed E-state index contributed by atoms with van der Waals surface area (Å²) in [6.07, 6.45) is 2.61. The summed E-state index contributed by atoms with van der Waals surface area (Å²) >= 11 is 5.53. The van der Waals surface area contributed by atoms with Crippen molar-refractivity contribution < 1.29 is 0 Å². The molecule has 15 heavy (non-hydrogen) atoms. The smallest absolute Gasteiger partial charge is 0.0839 e. The van der Waals surface area contributed by atoms with Gasteiger partial charge < -0.3 is 4.90 Å². The molecule has 0 N–H and O–H groups in total. The molecule has 2 heteroatoms. The zero-order valence-electron chi connectivity index (χ0n) is 8.67. The van der Waals surface area contributed by atoms with Crippen molar-refractivity contribution in [2.75, 3.05) is 23.9 Å². The normalized spacial score (nSPS) is 14.9. The molecule has 0 spiro atoms. The third-order valence-corrected chi connectivity index (χ3v) is 2.75. The van der Waals surface area contributed by atoms with E-state index in [1.165, 1.54) is 31.6 Å².